The number of likely N-dealkylation sites (tertiary alicyclic amines) is 2. The van der Waals surface area contributed by atoms with Crippen LogP contribution in [0, 0.1) is 11.3 Å². The van der Waals surface area contributed by atoms with E-state index in [0.29, 0.717) is 31.0 Å². The molecular formula is C23H31N3O5. The highest BCUT2D eigenvalue weighted by molar-refractivity contribution is 5.98. The number of hydrogen-bond donors (Lipinski definition) is 1. The van der Waals surface area contributed by atoms with E-state index in [9.17, 15) is 14.4 Å². The summed E-state index contributed by atoms with van der Waals surface area (Å²) in [6.07, 6.45) is 2.11. The summed E-state index contributed by atoms with van der Waals surface area (Å²) in [5.74, 6) is 0.0598. The van der Waals surface area contributed by atoms with Gasteiger partial charge < -0.3 is 24.6 Å². The number of hydrogen-bond acceptors (Lipinski definition) is 5. The van der Waals surface area contributed by atoms with Gasteiger partial charge in [-0.3, -0.25) is 14.4 Å². The number of amides is 3. The Labute approximate surface area is 183 Å². The molecule has 1 N–H and O–H groups in total. The number of rotatable bonds is 8. The van der Waals surface area contributed by atoms with Crippen molar-refractivity contribution in [2.75, 3.05) is 34.4 Å². The van der Waals surface area contributed by atoms with Crippen LogP contribution in [0.3, 0.4) is 0 Å². The molecule has 8 nitrogen and oxygen atoms in total. The van der Waals surface area contributed by atoms with Crippen LogP contribution in [-0.2, 0) is 20.9 Å². The predicted octanol–water partition coefficient (Wildman–Crippen LogP) is 1.59. The van der Waals surface area contributed by atoms with E-state index >= 15 is 0 Å². The van der Waals surface area contributed by atoms with E-state index in [0.717, 1.165) is 5.56 Å². The van der Waals surface area contributed by atoms with Crippen molar-refractivity contribution in [2.45, 2.75) is 32.4 Å². The number of benzene rings is 1. The molecular weight excluding hydrogens is 398 g/mol. The van der Waals surface area contributed by atoms with Gasteiger partial charge in [-0.2, -0.15) is 0 Å². The second kappa shape index (κ2) is 8.99. The summed E-state index contributed by atoms with van der Waals surface area (Å²) in [6, 6.07) is 5.09. The first-order valence-electron chi connectivity index (χ1n) is 10.4. The van der Waals surface area contributed by atoms with Crippen molar-refractivity contribution in [1.29, 1.82) is 0 Å². The quantitative estimate of drug-likeness (QED) is 0.634. The standard InChI is InChI=1S/C23H31N3O5/c1-6-10-24-20(27)13-18-21(28)26(15(2)23(18)9-11-25(3)22(23)29)14-16-7-8-17(30-4)12-19(16)31-5/h6-8,12,15,18H,1,9-11,13-14H2,2-5H3,(H,24,27)/t15-,18-,23+/m1/s1. The van der Waals surface area contributed by atoms with Gasteiger partial charge in [0.05, 0.1) is 25.6 Å². The van der Waals surface area contributed by atoms with Crippen LogP contribution in [0.25, 0.3) is 0 Å². The largest absolute Gasteiger partial charge is 0.497 e. The first-order valence-corrected chi connectivity index (χ1v) is 10.4. The highest BCUT2D eigenvalue weighted by Gasteiger charge is 2.64. The summed E-state index contributed by atoms with van der Waals surface area (Å²) in [7, 11) is 4.89. The Hall–Kier alpha value is -3.03. The number of nitrogens with zero attached hydrogens (tertiary/aromatic N) is 2. The van der Waals surface area contributed by atoms with E-state index in [1.54, 1.807) is 43.2 Å². The lowest BCUT2D eigenvalue weighted by Crippen LogP contribution is -2.45. The molecule has 0 aromatic heterocycles. The molecule has 0 unspecified atom stereocenters. The lowest BCUT2D eigenvalue weighted by Gasteiger charge is -2.32. The van der Waals surface area contributed by atoms with Gasteiger partial charge in [0.15, 0.2) is 0 Å². The van der Waals surface area contributed by atoms with Gasteiger partial charge in [0.2, 0.25) is 17.7 Å². The number of methoxy groups -OCH3 is 2. The summed E-state index contributed by atoms with van der Waals surface area (Å²) in [4.78, 5) is 42.7. The smallest absolute Gasteiger partial charge is 0.231 e. The first-order chi connectivity index (χ1) is 14.8. The van der Waals surface area contributed by atoms with Gasteiger partial charge in [0.1, 0.15) is 11.5 Å². The molecule has 168 valence electrons. The molecule has 0 radical (unpaired) electrons. The Balaban J connectivity index is 1.94. The molecule has 1 aromatic carbocycles. The molecule has 31 heavy (non-hydrogen) atoms. The van der Waals surface area contributed by atoms with Crippen LogP contribution < -0.4 is 14.8 Å². The fraction of sp³-hybridized carbons (Fsp3) is 0.522. The van der Waals surface area contributed by atoms with Gasteiger partial charge in [0, 0.05) is 50.8 Å². The zero-order chi connectivity index (χ0) is 22.8. The normalized spacial score (nSPS) is 25.3. The first kappa shape index (κ1) is 22.7. The summed E-state index contributed by atoms with van der Waals surface area (Å²) in [5, 5.41) is 2.74. The molecule has 0 bridgehead atoms. The van der Waals surface area contributed by atoms with E-state index in [2.05, 4.69) is 11.9 Å². The zero-order valence-electron chi connectivity index (χ0n) is 18.6. The third kappa shape index (κ3) is 3.86. The highest BCUT2D eigenvalue weighted by atomic mass is 16.5. The molecule has 2 aliphatic rings. The van der Waals surface area contributed by atoms with Crippen molar-refractivity contribution in [1.82, 2.24) is 15.1 Å². The van der Waals surface area contributed by atoms with Crippen molar-refractivity contribution in [3.8, 4) is 11.5 Å². The van der Waals surface area contributed by atoms with Gasteiger partial charge in [-0.15, -0.1) is 6.58 Å². The third-order valence-electron chi connectivity index (χ3n) is 6.69. The fourth-order valence-corrected chi connectivity index (χ4v) is 4.90. The molecule has 1 spiro atoms. The minimum atomic E-state index is -0.906. The molecule has 2 aliphatic heterocycles. The van der Waals surface area contributed by atoms with Crippen molar-refractivity contribution >= 4 is 17.7 Å². The van der Waals surface area contributed by atoms with Gasteiger partial charge >= 0.3 is 0 Å². The van der Waals surface area contributed by atoms with Gasteiger partial charge in [-0.25, -0.2) is 0 Å². The Morgan fingerprint density at radius 3 is 2.65 bits per heavy atom. The van der Waals surface area contributed by atoms with Crippen LogP contribution in [-0.4, -0.2) is 67.9 Å². The van der Waals surface area contributed by atoms with Crippen LogP contribution in [0.1, 0.15) is 25.3 Å². The van der Waals surface area contributed by atoms with E-state index in [1.165, 1.54) is 0 Å². The second-order valence-electron chi connectivity index (χ2n) is 8.19. The van der Waals surface area contributed by atoms with E-state index in [-0.39, 0.29) is 36.7 Å². The molecule has 3 atom stereocenters. The number of carbonyl (C=O) groups excluding carboxylic acids is 3. The van der Waals surface area contributed by atoms with Crippen molar-refractivity contribution < 1.29 is 23.9 Å². The molecule has 3 rings (SSSR count). The van der Waals surface area contributed by atoms with Crippen LogP contribution in [0.15, 0.2) is 30.9 Å². The van der Waals surface area contributed by atoms with E-state index in [1.807, 2.05) is 19.1 Å². The summed E-state index contributed by atoms with van der Waals surface area (Å²) < 4.78 is 10.7. The van der Waals surface area contributed by atoms with Gasteiger partial charge in [-0.1, -0.05) is 6.08 Å². The van der Waals surface area contributed by atoms with E-state index < -0.39 is 11.3 Å². The van der Waals surface area contributed by atoms with Crippen molar-refractivity contribution in [2.24, 2.45) is 11.3 Å². The Kier molecular flexibility index (Phi) is 6.57. The summed E-state index contributed by atoms with van der Waals surface area (Å²) >= 11 is 0. The molecule has 0 saturated carbocycles. The monoisotopic (exact) mass is 429 g/mol. The topological polar surface area (TPSA) is 88.2 Å². The van der Waals surface area contributed by atoms with Crippen LogP contribution in [0.5, 0.6) is 11.5 Å². The maximum absolute atomic E-state index is 13.6. The van der Waals surface area contributed by atoms with Crippen LogP contribution in [0.4, 0.5) is 0 Å². The van der Waals surface area contributed by atoms with Crippen molar-refractivity contribution in [3.63, 3.8) is 0 Å². The maximum atomic E-state index is 13.6. The summed E-state index contributed by atoms with van der Waals surface area (Å²) in [6.45, 7) is 6.69. The molecule has 3 amide bonds. The Bertz CT molecular complexity index is 886. The SMILES string of the molecule is C=CCNC(=O)C[C@@H]1C(=O)N(Cc2ccc(OC)cc2OC)[C@H](C)[C@@]12CCN(C)C2=O. The third-order valence-corrected chi connectivity index (χ3v) is 6.69. The zero-order valence-corrected chi connectivity index (χ0v) is 18.6. The molecule has 0 aliphatic carbocycles. The summed E-state index contributed by atoms with van der Waals surface area (Å²) in [5.41, 5.74) is -0.0916. The average molecular weight is 430 g/mol. The predicted molar refractivity (Wildman–Crippen MR) is 116 cm³/mol. The Morgan fingerprint density at radius 2 is 2.06 bits per heavy atom. The second-order valence-corrected chi connectivity index (χ2v) is 8.19. The lowest BCUT2D eigenvalue weighted by molar-refractivity contribution is -0.141. The van der Waals surface area contributed by atoms with Crippen LogP contribution in [0.2, 0.25) is 0 Å². The number of nitrogens with one attached hydrogen (secondary N) is 1. The Morgan fingerprint density at radius 1 is 1.32 bits per heavy atom. The van der Waals surface area contributed by atoms with Crippen LogP contribution >= 0.6 is 0 Å². The molecule has 2 fully saturated rings. The molecule has 8 heteroatoms. The molecule has 1 aromatic rings. The molecule has 2 heterocycles. The minimum Gasteiger partial charge on any atom is -0.497 e. The molecule has 2 saturated heterocycles. The average Bonchev–Trinajstić information content (AvgIpc) is 3.17. The van der Waals surface area contributed by atoms with Crippen molar-refractivity contribution in [3.05, 3.63) is 36.4 Å². The lowest BCUT2D eigenvalue weighted by atomic mass is 9.70. The highest BCUT2D eigenvalue weighted by Crippen LogP contribution is 2.51. The number of carbonyl (C=O) groups is 3. The van der Waals surface area contributed by atoms with Gasteiger partial charge in [-0.05, 0) is 25.5 Å². The fourth-order valence-electron chi connectivity index (χ4n) is 4.90. The maximum Gasteiger partial charge on any atom is 0.231 e. The van der Waals surface area contributed by atoms with E-state index in [4.69, 9.17) is 9.47 Å². The minimum absolute atomic E-state index is 0.0210. The van der Waals surface area contributed by atoms with Gasteiger partial charge in [0.25, 0.3) is 0 Å². The number of ether oxygens (including phenoxy) is 2.